The molecule has 1 aromatic heterocycles. The Morgan fingerprint density at radius 2 is 1.69 bits per heavy atom. The maximum atomic E-state index is 13.4. The van der Waals surface area contributed by atoms with Crippen LogP contribution in [0.25, 0.3) is 11.4 Å². The first kappa shape index (κ1) is 29.5. The van der Waals surface area contributed by atoms with Crippen LogP contribution in [0.1, 0.15) is 47.2 Å². The number of aliphatic hydroxyl groups excluding tert-OH is 1. The fourth-order valence-electron chi connectivity index (χ4n) is 3.43. The molecule has 0 aliphatic carbocycles. The van der Waals surface area contributed by atoms with Crippen LogP contribution in [0.3, 0.4) is 0 Å². The molecule has 0 fully saturated rings. The molecular formula is C25H40N6O4S. The maximum Gasteiger partial charge on any atom is 0.319 e. The minimum atomic E-state index is -3.64. The van der Waals surface area contributed by atoms with Crippen LogP contribution in [-0.2, 0) is 14.6 Å². The summed E-state index contributed by atoms with van der Waals surface area (Å²) in [5, 5.41) is 18.2. The molecular weight excluding hydrogens is 480 g/mol. The third-order valence-corrected chi connectivity index (χ3v) is 8.90. The molecule has 0 spiro atoms. The van der Waals surface area contributed by atoms with Crippen molar-refractivity contribution in [3.8, 4) is 11.4 Å². The van der Waals surface area contributed by atoms with Gasteiger partial charge in [0, 0.05) is 36.4 Å². The number of amides is 2. The molecule has 0 unspecified atom stereocenters. The molecule has 11 heteroatoms. The summed E-state index contributed by atoms with van der Waals surface area (Å²) >= 11 is 0. The number of nitrogens with zero attached hydrogens (tertiary/aromatic N) is 3. The lowest BCUT2D eigenvalue weighted by Crippen LogP contribution is -2.42. The van der Waals surface area contributed by atoms with Crippen molar-refractivity contribution in [1.82, 2.24) is 20.2 Å². The fourth-order valence-corrected chi connectivity index (χ4v) is 5.34. The Morgan fingerprint density at radius 1 is 1.08 bits per heavy atom. The minimum Gasteiger partial charge on any atom is -0.394 e. The van der Waals surface area contributed by atoms with E-state index in [1.54, 1.807) is 71.9 Å². The summed E-state index contributed by atoms with van der Waals surface area (Å²) in [5.74, 6) is 0.746. The van der Waals surface area contributed by atoms with Crippen molar-refractivity contribution < 1.29 is 18.3 Å². The first-order chi connectivity index (χ1) is 16.6. The number of hydrogen-bond acceptors (Lipinski definition) is 8. The molecule has 0 aliphatic heterocycles. The Hall–Kier alpha value is -2.76. The van der Waals surface area contributed by atoms with Gasteiger partial charge in [0.2, 0.25) is 0 Å². The van der Waals surface area contributed by atoms with E-state index in [1.165, 1.54) is 0 Å². The first-order valence-corrected chi connectivity index (χ1v) is 13.4. The van der Waals surface area contributed by atoms with E-state index < -0.39 is 19.3 Å². The third-order valence-electron chi connectivity index (χ3n) is 5.73. The van der Waals surface area contributed by atoms with Crippen LogP contribution in [0.4, 0.5) is 16.3 Å². The van der Waals surface area contributed by atoms with E-state index in [1.807, 2.05) is 19.0 Å². The second kappa shape index (κ2) is 11.5. The van der Waals surface area contributed by atoms with Crippen LogP contribution in [0.5, 0.6) is 0 Å². The van der Waals surface area contributed by atoms with E-state index in [0.29, 0.717) is 35.1 Å². The second-order valence-electron chi connectivity index (χ2n) is 10.6. The molecule has 2 rings (SSSR count). The highest BCUT2D eigenvalue weighted by molar-refractivity contribution is 7.93. The molecule has 1 atom stereocenters. The molecule has 10 nitrogen and oxygen atoms in total. The Morgan fingerprint density at radius 3 is 2.22 bits per heavy atom. The number of likely N-dealkylation sites (N-methyl/N-ethyl adjacent to an activating group) is 1. The Balaban J connectivity index is 2.41. The van der Waals surface area contributed by atoms with Gasteiger partial charge in [-0.05, 0) is 79.9 Å². The quantitative estimate of drug-likeness (QED) is 0.375. The number of sulfone groups is 1. The lowest BCUT2D eigenvalue weighted by Gasteiger charge is -2.32. The van der Waals surface area contributed by atoms with Crippen LogP contribution in [0.15, 0.2) is 30.3 Å². The summed E-state index contributed by atoms with van der Waals surface area (Å²) in [4.78, 5) is 23.3. The van der Waals surface area contributed by atoms with Gasteiger partial charge in [-0.2, -0.15) is 0 Å². The Bertz CT molecular complexity index is 1140. The number of aromatic nitrogens is 2. The van der Waals surface area contributed by atoms with Gasteiger partial charge in [-0.15, -0.1) is 0 Å². The predicted octanol–water partition coefficient (Wildman–Crippen LogP) is 3.07. The summed E-state index contributed by atoms with van der Waals surface area (Å²) in [7, 11) is 0.225. The maximum absolute atomic E-state index is 13.4. The molecule has 200 valence electrons. The van der Waals surface area contributed by atoms with E-state index >= 15 is 0 Å². The Labute approximate surface area is 214 Å². The van der Waals surface area contributed by atoms with Gasteiger partial charge in [0.25, 0.3) is 0 Å². The van der Waals surface area contributed by atoms with Crippen LogP contribution in [0, 0.1) is 0 Å². The SMILES string of the molecule is C[C@@H](CO)Nc1cc(C(C)(C)S(=O)(=O)C(C)(C)C)nc(-c2ccc(NC(=O)NCCN(C)C)cc2)n1. The molecule has 0 bridgehead atoms. The lowest BCUT2D eigenvalue weighted by molar-refractivity contribution is 0.250. The number of nitrogens with one attached hydrogen (secondary N) is 3. The van der Waals surface area contributed by atoms with Crippen molar-refractivity contribution in [2.24, 2.45) is 0 Å². The molecule has 2 amide bonds. The molecule has 4 N–H and O–H groups in total. The summed E-state index contributed by atoms with van der Waals surface area (Å²) in [5.41, 5.74) is 1.59. The number of anilines is 2. The van der Waals surface area contributed by atoms with E-state index in [0.717, 1.165) is 6.54 Å². The highest BCUT2D eigenvalue weighted by atomic mass is 32.2. The number of urea groups is 1. The van der Waals surface area contributed by atoms with Gasteiger partial charge in [0.15, 0.2) is 15.7 Å². The summed E-state index contributed by atoms with van der Waals surface area (Å²) in [6, 6.07) is 8.02. The number of carbonyl (C=O) groups excluding carboxylic acids is 1. The lowest BCUT2D eigenvalue weighted by atomic mass is 10.1. The normalized spacial score (nSPS) is 13.4. The van der Waals surface area contributed by atoms with Crippen LogP contribution in [0.2, 0.25) is 0 Å². The number of carbonyl (C=O) groups is 1. The molecule has 0 aliphatic rings. The van der Waals surface area contributed by atoms with E-state index in [2.05, 4.69) is 25.9 Å². The summed E-state index contributed by atoms with van der Waals surface area (Å²) in [6.07, 6.45) is 0. The zero-order chi connectivity index (χ0) is 27.3. The molecule has 0 saturated carbocycles. The monoisotopic (exact) mass is 520 g/mol. The summed E-state index contributed by atoms with van der Waals surface area (Å²) < 4.78 is 24.5. The Kier molecular flexibility index (Phi) is 9.44. The summed E-state index contributed by atoms with van der Waals surface area (Å²) in [6.45, 7) is 11.2. The molecule has 0 radical (unpaired) electrons. The van der Waals surface area contributed by atoms with Crippen LogP contribution in [-0.4, -0.2) is 79.0 Å². The number of aliphatic hydroxyl groups is 1. The highest BCUT2D eigenvalue weighted by Gasteiger charge is 2.45. The zero-order valence-electron chi connectivity index (χ0n) is 22.5. The van der Waals surface area contributed by atoms with Gasteiger partial charge in [-0.25, -0.2) is 23.2 Å². The van der Waals surface area contributed by atoms with Gasteiger partial charge in [-0.3, -0.25) is 0 Å². The van der Waals surface area contributed by atoms with Crippen molar-refractivity contribution in [3.05, 3.63) is 36.0 Å². The van der Waals surface area contributed by atoms with Crippen molar-refractivity contribution in [1.29, 1.82) is 0 Å². The number of rotatable bonds is 10. The molecule has 2 aromatic rings. The van der Waals surface area contributed by atoms with Gasteiger partial charge in [0.05, 0.1) is 17.0 Å². The zero-order valence-corrected chi connectivity index (χ0v) is 23.3. The van der Waals surface area contributed by atoms with Gasteiger partial charge in [0.1, 0.15) is 10.6 Å². The average Bonchev–Trinajstić information content (AvgIpc) is 2.78. The van der Waals surface area contributed by atoms with Gasteiger partial charge in [-0.1, -0.05) is 0 Å². The van der Waals surface area contributed by atoms with Crippen molar-refractivity contribution in [2.75, 3.05) is 44.4 Å². The van der Waals surface area contributed by atoms with E-state index in [9.17, 15) is 18.3 Å². The van der Waals surface area contributed by atoms with E-state index in [4.69, 9.17) is 0 Å². The molecule has 36 heavy (non-hydrogen) atoms. The second-order valence-corrected chi connectivity index (χ2v) is 13.8. The minimum absolute atomic E-state index is 0.116. The highest BCUT2D eigenvalue weighted by Crippen LogP contribution is 2.37. The van der Waals surface area contributed by atoms with Crippen molar-refractivity contribution in [3.63, 3.8) is 0 Å². The van der Waals surface area contributed by atoms with Crippen molar-refractivity contribution >= 4 is 27.4 Å². The van der Waals surface area contributed by atoms with Crippen molar-refractivity contribution in [2.45, 2.75) is 57.1 Å². The van der Waals surface area contributed by atoms with Crippen LogP contribution >= 0.6 is 0 Å². The molecule has 1 aromatic carbocycles. The smallest absolute Gasteiger partial charge is 0.319 e. The van der Waals surface area contributed by atoms with Crippen LogP contribution < -0.4 is 16.0 Å². The largest absolute Gasteiger partial charge is 0.394 e. The van der Waals surface area contributed by atoms with Gasteiger partial charge >= 0.3 is 6.03 Å². The standard InChI is InChI=1S/C25H40N6O4S/c1-17(16-32)27-21-15-20(25(5,6)36(34,35)24(2,3)4)29-22(30-21)18-9-11-19(12-10-18)28-23(33)26-13-14-31(7)8/h9-12,15,17,32H,13-14,16H2,1-8H3,(H2,26,28,33)(H,27,29,30)/t17-/m0/s1. The number of hydrogen-bond donors (Lipinski definition) is 4. The third kappa shape index (κ3) is 7.14. The first-order valence-electron chi connectivity index (χ1n) is 11.9. The van der Waals surface area contributed by atoms with E-state index in [-0.39, 0.29) is 18.7 Å². The van der Waals surface area contributed by atoms with Gasteiger partial charge < -0.3 is 26.0 Å². The molecule has 0 saturated heterocycles. The molecule has 1 heterocycles. The predicted molar refractivity (Wildman–Crippen MR) is 145 cm³/mol. The topological polar surface area (TPSA) is 137 Å². The average molecular weight is 521 g/mol. The fraction of sp³-hybridized carbons (Fsp3) is 0.560. The number of benzene rings is 1.